The number of hydrogen-bond acceptors (Lipinski definition) is 4. The van der Waals surface area contributed by atoms with E-state index in [1.807, 2.05) is 42.5 Å². The second-order valence-electron chi connectivity index (χ2n) is 4.77. The molecule has 2 amide bonds. The molecular weight excluding hydrogens is 392 g/mol. The highest BCUT2D eigenvalue weighted by Gasteiger charge is 2.08. The van der Waals surface area contributed by atoms with E-state index in [1.165, 1.54) is 11.8 Å². The SMILES string of the molecule is COc1ccc(SCC(=O)NCC(=O)Nc2ccccc2Br)cc1. The molecule has 0 atom stereocenters. The average Bonchev–Trinajstić information content (AvgIpc) is 2.60. The van der Waals surface area contributed by atoms with Crippen LogP contribution in [0.3, 0.4) is 0 Å². The van der Waals surface area contributed by atoms with E-state index in [0.29, 0.717) is 5.69 Å². The fourth-order valence-electron chi connectivity index (χ4n) is 1.81. The van der Waals surface area contributed by atoms with Gasteiger partial charge in [-0.05, 0) is 52.3 Å². The summed E-state index contributed by atoms with van der Waals surface area (Å²) in [4.78, 5) is 24.6. The fraction of sp³-hybridized carbons (Fsp3) is 0.176. The average molecular weight is 409 g/mol. The van der Waals surface area contributed by atoms with Crippen LogP contribution < -0.4 is 15.4 Å². The molecule has 7 heteroatoms. The predicted molar refractivity (Wildman–Crippen MR) is 99.5 cm³/mol. The number of para-hydroxylation sites is 1. The molecule has 2 N–H and O–H groups in total. The zero-order valence-electron chi connectivity index (χ0n) is 13.0. The number of nitrogens with one attached hydrogen (secondary N) is 2. The molecule has 0 aliphatic carbocycles. The van der Waals surface area contributed by atoms with Gasteiger partial charge in [-0.1, -0.05) is 12.1 Å². The van der Waals surface area contributed by atoms with E-state index in [-0.39, 0.29) is 24.1 Å². The van der Waals surface area contributed by atoms with Gasteiger partial charge in [0.1, 0.15) is 5.75 Å². The second-order valence-corrected chi connectivity index (χ2v) is 6.67. The molecule has 0 spiro atoms. The summed E-state index contributed by atoms with van der Waals surface area (Å²) in [5, 5.41) is 5.33. The lowest BCUT2D eigenvalue weighted by atomic mass is 10.3. The number of halogens is 1. The van der Waals surface area contributed by atoms with Crippen LogP contribution in [-0.2, 0) is 9.59 Å². The van der Waals surface area contributed by atoms with Crippen molar-refractivity contribution in [3.8, 4) is 5.75 Å². The largest absolute Gasteiger partial charge is 0.497 e. The van der Waals surface area contributed by atoms with E-state index in [1.54, 1.807) is 13.2 Å². The van der Waals surface area contributed by atoms with Gasteiger partial charge in [0.15, 0.2) is 0 Å². The first-order chi connectivity index (χ1) is 11.6. The second kappa shape index (κ2) is 9.34. The van der Waals surface area contributed by atoms with Crippen molar-refractivity contribution in [1.29, 1.82) is 0 Å². The number of carbonyl (C=O) groups excluding carboxylic acids is 2. The van der Waals surface area contributed by atoms with Crippen LogP contribution in [0.25, 0.3) is 0 Å². The molecule has 2 aromatic carbocycles. The molecule has 5 nitrogen and oxygen atoms in total. The monoisotopic (exact) mass is 408 g/mol. The van der Waals surface area contributed by atoms with Crippen molar-refractivity contribution >= 4 is 45.2 Å². The molecule has 2 aromatic rings. The molecule has 0 unspecified atom stereocenters. The maximum Gasteiger partial charge on any atom is 0.243 e. The molecule has 0 bridgehead atoms. The topological polar surface area (TPSA) is 67.4 Å². The molecule has 0 heterocycles. The van der Waals surface area contributed by atoms with E-state index in [0.717, 1.165) is 15.1 Å². The van der Waals surface area contributed by atoms with Gasteiger partial charge in [-0.2, -0.15) is 0 Å². The first kappa shape index (κ1) is 18.4. The third-order valence-electron chi connectivity index (χ3n) is 3.02. The number of thioether (sulfide) groups is 1. The number of methoxy groups -OCH3 is 1. The number of anilines is 1. The van der Waals surface area contributed by atoms with Crippen LogP contribution in [0.5, 0.6) is 5.75 Å². The molecule has 0 aliphatic heterocycles. The molecule has 0 fully saturated rings. The number of benzene rings is 2. The number of carbonyl (C=O) groups is 2. The Morgan fingerprint density at radius 1 is 1.08 bits per heavy atom. The summed E-state index contributed by atoms with van der Waals surface area (Å²) < 4.78 is 5.87. The van der Waals surface area contributed by atoms with Gasteiger partial charge >= 0.3 is 0 Å². The van der Waals surface area contributed by atoms with Crippen LogP contribution >= 0.6 is 27.7 Å². The Hall–Kier alpha value is -1.99. The summed E-state index contributed by atoms with van der Waals surface area (Å²) in [5.41, 5.74) is 0.671. The van der Waals surface area contributed by atoms with Gasteiger partial charge < -0.3 is 15.4 Å². The summed E-state index contributed by atoms with van der Waals surface area (Å²) in [6.07, 6.45) is 0. The number of amides is 2. The van der Waals surface area contributed by atoms with Crippen molar-refractivity contribution < 1.29 is 14.3 Å². The summed E-state index contributed by atoms with van der Waals surface area (Å²) in [7, 11) is 1.61. The highest BCUT2D eigenvalue weighted by Crippen LogP contribution is 2.21. The molecule has 0 saturated carbocycles. The molecule has 0 saturated heterocycles. The minimum atomic E-state index is -0.273. The number of rotatable bonds is 7. The molecule has 0 radical (unpaired) electrons. The number of ether oxygens (including phenoxy) is 1. The maximum absolute atomic E-state index is 11.8. The van der Waals surface area contributed by atoms with Gasteiger partial charge in [0, 0.05) is 9.37 Å². The minimum absolute atomic E-state index is 0.0661. The number of hydrogen-bond donors (Lipinski definition) is 2. The summed E-state index contributed by atoms with van der Waals surface area (Å²) >= 11 is 4.75. The van der Waals surface area contributed by atoms with Crippen molar-refractivity contribution in [1.82, 2.24) is 5.32 Å². The lowest BCUT2D eigenvalue weighted by molar-refractivity contribution is -0.122. The van der Waals surface area contributed by atoms with Gasteiger partial charge in [-0.15, -0.1) is 11.8 Å². The van der Waals surface area contributed by atoms with Crippen molar-refractivity contribution in [3.63, 3.8) is 0 Å². The van der Waals surface area contributed by atoms with Crippen LogP contribution in [0.15, 0.2) is 57.9 Å². The summed E-state index contributed by atoms with van der Waals surface area (Å²) in [6, 6.07) is 14.7. The quantitative estimate of drug-likeness (QED) is 0.689. The normalized spacial score (nSPS) is 10.1. The lowest BCUT2D eigenvalue weighted by Crippen LogP contribution is -2.33. The maximum atomic E-state index is 11.8. The Kier molecular flexibility index (Phi) is 7.14. The lowest BCUT2D eigenvalue weighted by Gasteiger charge is -2.08. The van der Waals surface area contributed by atoms with Crippen LogP contribution in [0, 0.1) is 0 Å². The third-order valence-corrected chi connectivity index (χ3v) is 4.73. The van der Waals surface area contributed by atoms with Gasteiger partial charge in [-0.3, -0.25) is 9.59 Å². The Morgan fingerprint density at radius 3 is 2.46 bits per heavy atom. The Morgan fingerprint density at radius 2 is 1.79 bits per heavy atom. The Labute approximate surface area is 153 Å². The zero-order chi connectivity index (χ0) is 17.4. The molecule has 0 aromatic heterocycles. The molecule has 2 rings (SSSR count). The molecule has 0 aliphatic rings. The van der Waals surface area contributed by atoms with E-state index >= 15 is 0 Å². The zero-order valence-corrected chi connectivity index (χ0v) is 15.4. The van der Waals surface area contributed by atoms with Crippen LogP contribution in [0.2, 0.25) is 0 Å². The van der Waals surface area contributed by atoms with Crippen LogP contribution in [0.4, 0.5) is 5.69 Å². The van der Waals surface area contributed by atoms with E-state index in [9.17, 15) is 9.59 Å². The third kappa shape index (κ3) is 5.90. The highest BCUT2D eigenvalue weighted by molar-refractivity contribution is 9.10. The van der Waals surface area contributed by atoms with Gasteiger partial charge in [-0.25, -0.2) is 0 Å². The van der Waals surface area contributed by atoms with Gasteiger partial charge in [0.05, 0.1) is 25.1 Å². The van der Waals surface area contributed by atoms with Gasteiger partial charge in [0.2, 0.25) is 11.8 Å². The summed E-state index contributed by atoms with van der Waals surface area (Å²) in [5.74, 6) is 0.546. The highest BCUT2D eigenvalue weighted by atomic mass is 79.9. The van der Waals surface area contributed by atoms with Crippen LogP contribution in [0.1, 0.15) is 0 Å². The first-order valence-electron chi connectivity index (χ1n) is 7.16. The smallest absolute Gasteiger partial charge is 0.243 e. The Balaban J connectivity index is 1.72. The van der Waals surface area contributed by atoms with Gasteiger partial charge in [0.25, 0.3) is 0 Å². The summed E-state index contributed by atoms with van der Waals surface area (Å²) in [6.45, 7) is -0.0661. The molecule has 24 heavy (non-hydrogen) atoms. The van der Waals surface area contributed by atoms with Crippen molar-refractivity contribution in [3.05, 3.63) is 53.0 Å². The van der Waals surface area contributed by atoms with Crippen LogP contribution in [-0.4, -0.2) is 31.2 Å². The van der Waals surface area contributed by atoms with Crippen molar-refractivity contribution in [2.45, 2.75) is 4.90 Å². The predicted octanol–water partition coefficient (Wildman–Crippen LogP) is 3.30. The Bertz CT molecular complexity index is 707. The van der Waals surface area contributed by atoms with E-state index in [4.69, 9.17) is 4.74 Å². The standard InChI is InChI=1S/C17H17BrN2O3S/c1-23-12-6-8-13(9-7-12)24-11-17(22)19-10-16(21)20-15-5-3-2-4-14(15)18/h2-9H,10-11H2,1H3,(H,19,22)(H,20,21). The molecule has 126 valence electrons. The first-order valence-corrected chi connectivity index (χ1v) is 8.94. The van der Waals surface area contributed by atoms with E-state index < -0.39 is 0 Å². The molecular formula is C17H17BrN2O3S. The fourth-order valence-corrected chi connectivity index (χ4v) is 2.92. The van der Waals surface area contributed by atoms with Crippen molar-refractivity contribution in [2.75, 3.05) is 24.7 Å². The van der Waals surface area contributed by atoms with E-state index in [2.05, 4.69) is 26.6 Å². The van der Waals surface area contributed by atoms with Crippen molar-refractivity contribution in [2.24, 2.45) is 0 Å². The minimum Gasteiger partial charge on any atom is -0.497 e.